The predicted molar refractivity (Wildman–Crippen MR) is 77.1 cm³/mol. The molecule has 4 nitrogen and oxygen atoms in total. The SMILES string of the molecule is OCCSc1ccc(-c2nc3ccncc3[nH]2)cc1. The van der Waals surface area contributed by atoms with Crippen LogP contribution in [-0.4, -0.2) is 32.4 Å². The fourth-order valence-electron chi connectivity index (χ4n) is 1.87. The molecule has 2 N–H and O–H groups in total. The van der Waals surface area contributed by atoms with Gasteiger partial charge in [0.25, 0.3) is 0 Å². The van der Waals surface area contributed by atoms with Crippen LogP contribution in [-0.2, 0) is 0 Å². The molecular weight excluding hydrogens is 258 g/mol. The molecule has 0 aliphatic rings. The van der Waals surface area contributed by atoms with Gasteiger partial charge in [0, 0.05) is 22.4 Å². The average molecular weight is 271 g/mol. The standard InChI is InChI=1S/C14H13N3OS/c18-7-8-19-11-3-1-10(2-4-11)14-16-12-5-6-15-9-13(12)17-14/h1-6,9,18H,7-8H2,(H,16,17). The molecule has 0 aliphatic carbocycles. The Morgan fingerprint density at radius 3 is 2.74 bits per heavy atom. The maximum Gasteiger partial charge on any atom is 0.138 e. The number of benzene rings is 1. The van der Waals surface area contributed by atoms with E-state index in [2.05, 4.69) is 15.0 Å². The van der Waals surface area contributed by atoms with Gasteiger partial charge in [0.2, 0.25) is 0 Å². The fourth-order valence-corrected chi connectivity index (χ4v) is 2.52. The summed E-state index contributed by atoms with van der Waals surface area (Å²) in [6, 6.07) is 10.0. The molecule has 2 aromatic heterocycles. The summed E-state index contributed by atoms with van der Waals surface area (Å²) in [6.45, 7) is 0.197. The summed E-state index contributed by atoms with van der Waals surface area (Å²) in [5.74, 6) is 1.57. The minimum Gasteiger partial charge on any atom is -0.396 e. The van der Waals surface area contributed by atoms with Gasteiger partial charge in [-0.1, -0.05) is 12.1 Å². The van der Waals surface area contributed by atoms with Crippen molar-refractivity contribution in [3.8, 4) is 11.4 Å². The molecule has 0 saturated carbocycles. The number of hydrogen-bond donors (Lipinski definition) is 2. The smallest absolute Gasteiger partial charge is 0.138 e. The number of aromatic nitrogens is 3. The van der Waals surface area contributed by atoms with Crippen LogP contribution in [0.5, 0.6) is 0 Å². The first-order valence-corrected chi connectivity index (χ1v) is 6.99. The number of thioether (sulfide) groups is 1. The summed E-state index contributed by atoms with van der Waals surface area (Å²) in [6.07, 6.45) is 3.51. The molecule has 3 aromatic rings. The zero-order chi connectivity index (χ0) is 13.1. The zero-order valence-corrected chi connectivity index (χ0v) is 11.0. The minimum atomic E-state index is 0.197. The number of hydrogen-bond acceptors (Lipinski definition) is 4. The third-order valence-electron chi connectivity index (χ3n) is 2.77. The van der Waals surface area contributed by atoms with Gasteiger partial charge in [-0.2, -0.15) is 0 Å². The van der Waals surface area contributed by atoms with Crippen LogP contribution in [0.4, 0.5) is 0 Å². The highest BCUT2D eigenvalue weighted by Crippen LogP contribution is 2.23. The lowest BCUT2D eigenvalue weighted by Gasteiger charge is -2.01. The molecule has 0 atom stereocenters. The van der Waals surface area contributed by atoms with Crippen molar-refractivity contribution in [2.75, 3.05) is 12.4 Å². The molecule has 0 amide bonds. The van der Waals surface area contributed by atoms with Gasteiger partial charge < -0.3 is 10.1 Å². The molecule has 0 bridgehead atoms. The summed E-state index contributed by atoms with van der Waals surface area (Å²) in [5.41, 5.74) is 2.91. The summed E-state index contributed by atoms with van der Waals surface area (Å²) < 4.78 is 0. The number of rotatable bonds is 4. The molecule has 0 radical (unpaired) electrons. The van der Waals surface area contributed by atoms with E-state index in [0.29, 0.717) is 0 Å². The monoisotopic (exact) mass is 271 g/mol. The summed E-state index contributed by atoms with van der Waals surface area (Å²) in [5, 5.41) is 8.80. The van der Waals surface area contributed by atoms with Gasteiger partial charge in [-0.25, -0.2) is 4.98 Å². The number of fused-ring (bicyclic) bond motifs is 1. The van der Waals surface area contributed by atoms with Crippen molar-refractivity contribution in [3.63, 3.8) is 0 Å². The van der Waals surface area contributed by atoms with Crippen molar-refractivity contribution < 1.29 is 5.11 Å². The molecule has 5 heteroatoms. The van der Waals surface area contributed by atoms with Gasteiger partial charge in [-0.05, 0) is 18.2 Å². The van der Waals surface area contributed by atoms with E-state index in [-0.39, 0.29) is 6.61 Å². The number of pyridine rings is 1. The summed E-state index contributed by atoms with van der Waals surface area (Å²) in [7, 11) is 0. The first-order chi connectivity index (χ1) is 9.36. The average Bonchev–Trinajstić information content (AvgIpc) is 2.89. The Balaban J connectivity index is 1.88. The number of nitrogens with zero attached hydrogens (tertiary/aromatic N) is 2. The topological polar surface area (TPSA) is 61.8 Å². The van der Waals surface area contributed by atoms with E-state index in [0.717, 1.165) is 33.1 Å². The Morgan fingerprint density at radius 1 is 1.16 bits per heavy atom. The normalized spacial score (nSPS) is 11.0. The Labute approximate surface area is 114 Å². The molecule has 3 rings (SSSR count). The van der Waals surface area contributed by atoms with Crippen LogP contribution in [0.1, 0.15) is 0 Å². The van der Waals surface area contributed by atoms with Crippen molar-refractivity contribution in [1.82, 2.24) is 15.0 Å². The van der Waals surface area contributed by atoms with Crippen LogP contribution in [0.15, 0.2) is 47.6 Å². The largest absolute Gasteiger partial charge is 0.396 e. The quantitative estimate of drug-likeness (QED) is 0.716. The lowest BCUT2D eigenvalue weighted by molar-refractivity contribution is 0.322. The maximum atomic E-state index is 8.80. The second-order valence-electron chi connectivity index (χ2n) is 4.07. The second-order valence-corrected chi connectivity index (χ2v) is 5.24. The van der Waals surface area contributed by atoms with Gasteiger partial charge in [-0.3, -0.25) is 4.98 Å². The summed E-state index contributed by atoms with van der Waals surface area (Å²) in [4.78, 5) is 13.0. The van der Waals surface area contributed by atoms with Crippen LogP contribution >= 0.6 is 11.8 Å². The molecule has 0 spiro atoms. The third-order valence-corrected chi connectivity index (χ3v) is 3.76. The number of aliphatic hydroxyl groups is 1. The summed E-state index contributed by atoms with van der Waals surface area (Å²) >= 11 is 1.64. The van der Waals surface area contributed by atoms with Crippen LogP contribution in [0, 0.1) is 0 Å². The van der Waals surface area contributed by atoms with Crippen LogP contribution in [0.25, 0.3) is 22.4 Å². The van der Waals surface area contributed by atoms with Crippen molar-refractivity contribution in [3.05, 3.63) is 42.7 Å². The molecular formula is C14H13N3OS. The first-order valence-electron chi connectivity index (χ1n) is 6.00. The molecule has 2 heterocycles. The van der Waals surface area contributed by atoms with E-state index >= 15 is 0 Å². The molecule has 0 saturated heterocycles. The van der Waals surface area contributed by atoms with Crippen molar-refractivity contribution in [2.24, 2.45) is 0 Å². The highest BCUT2D eigenvalue weighted by molar-refractivity contribution is 7.99. The Morgan fingerprint density at radius 2 is 2.00 bits per heavy atom. The van der Waals surface area contributed by atoms with Gasteiger partial charge in [0.15, 0.2) is 0 Å². The van der Waals surface area contributed by atoms with E-state index in [1.54, 1.807) is 24.2 Å². The van der Waals surface area contributed by atoms with Crippen molar-refractivity contribution in [2.45, 2.75) is 4.90 Å². The number of H-pyrrole nitrogens is 1. The van der Waals surface area contributed by atoms with Crippen LogP contribution in [0.3, 0.4) is 0 Å². The molecule has 19 heavy (non-hydrogen) atoms. The van der Waals surface area contributed by atoms with Gasteiger partial charge in [0.1, 0.15) is 5.82 Å². The van der Waals surface area contributed by atoms with E-state index in [4.69, 9.17) is 5.11 Å². The van der Waals surface area contributed by atoms with Gasteiger partial charge in [-0.15, -0.1) is 11.8 Å². The molecule has 0 fully saturated rings. The van der Waals surface area contributed by atoms with E-state index in [1.807, 2.05) is 30.3 Å². The molecule has 1 aromatic carbocycles. The number of imidazole rings is 1. The van der Waals surface area contributed by atoms with Crippen LogP contribution < -0.4 is 0 Å². The number of aliphatic hydroxyl groups excluding tert-OH is 1. The van der Waals surface area contributed by atoms with Crippen molar-refractivity contribution in [1.29, 1.82) is 0 Å². The van der Waals surface area contributed by atoms with E-state index in [1.165, 1.54) is 0 Å². The van der Waals surface area contributed by atoms with Crippen molar-refractivity contribution >= 4 is 22.8 Å². The number of aromatic amines is 1. The Hall–Kier alpha value is -1.85. The highest BCUT2D eigenvalue weighted by atomic mass is 32.2. The second kappa shape index (κ2) is 5.42. The first kappa shape index (κ1) is 12.2. The fraction of sp³-hybridized carbons (Fsp3) is 0.143. The third kappa shape index (κ3) is 2.62. The highest BCUT2D eigenvalue weighted by Gasteiger charge is 2.05. The van der Waals surface area contributed by atoms with E-state index in [9.17, 15) is 0 Å². The lowest BCUT2D eigenvalue weighted by Crippen LogP contribution is -1.85. The Kier molecular flexibility index (Phi) is 3.48. The maximum absolute atomic E-state index is 8.80. The Bertz CT molecular complexity index is 645. The molecule has 0 unspecified atom stereocenters. The molecule has 0 aliphatic heterocycles. The van der Waals surface area contributed by atoms with E-state index < -0.39 is 0 Å². The van der Waals surface area contributed by atoms with Gasteiger partial charge >= 0.3 is 0 Å². The lowest BCUT2D eigenvalue weighted by atomic mass is 10.2. The zero-order valence-electron chi connectivity index (χ0n) is 10.2. The molecule has 96 valence electrons. The van der Waals surface area contributed by atoms with Gasteiger partial charge in [0.05, 0.1) is 23.8 Å². The van der Waals surface area contributed by atoms with Crippen LogP contribution in [0.2, 0.25) is 0 Å². The minimum absolute atomic E-state index is 0.197. The predicted octanol–water partition coefficient (Wildman–Crippen LogP) is 2.71. The number of nitrogens with one attached hydrogen (secondary N) is 1.